The van der Waals surface area contributed by atoms with Crippen LogP contribution in [0.25, 0.3) is 0 Å². The van der Waals surface area contributed by atoms with Crippen molar-refractivity contribution in [1.82, 2.24) is 0 Å². The van der Waals surface area contributed by atoms with Crippen molar-refractivity contribution in [3.63, 3.8) is 0 Å². The minimum absolute atomic E-state index is 0. The van der Waals surface area contributed by atoms with E-state index in [1.165, 1.54) is 43.6 Å². The number of piperidine rings is 1. The summed E-state index contributed by atoms with van der Waals surface area (Å²) in [6.07, 6.45) is 4.12. The van der Waals surface area contributed by atoms with Crippen LogP contribution in [0.15, 0.2) is 24.3 Å². The zero-order chi connectivity index (χ0) is 9.10. The Balaban J connectivity index is 0.000000980. The summed E-state index contributed by atoms with van der Waals surface area (Å²) < 4.78 is 0. The van der Waals surface area contributed by atoms with Crippen LogP contribution < -0.4 is 23.8 Å². The van der Waals surface area contributed by atoms with Gasteiger partial charge < -0.3 is 6.33 Å². The maximum atomic E-state index is 2.49. The summed E-state index contributed by atoms with van der Waals surface area (Å²) in [6.45, 7) is 4.62. The molecule has 0 spiro atoms. The maximum absolute atomic E-state index is 2.49. The van der Waals surface area contributed by atoms with E-state index in [0.717, 1.165) is 0 Å². The van der Waals surface area contributed by atoms with E-state index in [-0.39, 0.29) is 20.3 Å². The van der Waals surface area contributed by atoms with Crippen molar-refractivity contribution in [2.75, 3.05) is 18.0 Å². The van der Waals surface area contributed by atoms with Gasteiger partial charge in [0.05, 0.1) is 0 Å². The molecule has 72 valence electrons. The first-order valence-corrected chi connectivity index (χ1v) is 5.18. The molecule has 1 aliphatic rings. The van der Waals surface area contributed by atoms with Crippen LogP contribution in [0.1, 0.15) is 26.3 Å². The Labute approximate surface area is 100 Å². The molecule has 0 unspecified atom stereocenters. The quantitative estimate of drug-likeness (QED) is 0.558. The second-order valence-corrected chi connectivity index (χ2v) is 3.88. The van der Waals surface area contributed by atoms with E-state index in [2.05, 4.69) is 36.1 Å². The number of benzene rings is 1. The van der Waals surface area contributed by atoms with Crippen molar-refractivity contribution in [1.29, 1.82) is 0 Å². The second kappa shape index (κ2) is 5.49. The van der Waals surface area contributed by atoms with Crippen LogP contribution in [-0.4, -0.2) is 13.1 Å². The summed E-state index contributed by atoms with van der Waals surface area (Å²) in [5.41, 5.74) is 2.74. The smallest absolute Gasteiger partial charge is 1.00 e. The molecule has 1 saturated heterocycles. The monoisotopic (exact) mass is 183 g/mol. The van der Waals surface area contributed by atoms with Crippen LogP contribution >= 0.6 is 0 Å². The number of anilines is 1. The topological polar surface area (TPSA) is 3.24 Å². The predicted octanol–water partition coefficient (Wildman–Crippen LogP) is 0.102. The summed E-state index contributed by atoms with van der Waals surface area (Å²) in [4.78, 5) is 2.49. The molecule has 0 aromatic heterocycles. The van der Waals surface area contributed by atoms with Gasteiger partial charge in [-0.05, 0) is 38.3 Å². The Morgan fingerprint density at radius 2 is 1.57 bits per heavy atom. The van der Waals surface area contributed by atoms with E-state index in [9.17, 15) is 0 Å². The Hall–Kier alpha value is -0.383. The fourth-order valence-corrected chi connectivity index (χ4v) is 1.91. The van der Waals surface area contributed by atoms with Gasteiger partial charge in [0.15, 0.2) is 0 Å². The van der Waals surface area contributed by atoms with Crippen molar-refractivity contribution in [3.8, 4) is 0 Å². The van der Waals surface area contributed by atoms with E-state index >= 15 is 0 Å². The predicted molar refractivity (Wildman–Crippen MR) is 58.4 cm³/mol. The zero-order valence-electron chi connectivity index (χ0n) is 10.3. The van der Waals surface area contributed by atoms with Crippen LogP contribution in [0.3, 0.4) is 0 Å². The molecule has 0 saturated carbocycles. The van der Waals surface area contributed by atoms with Gasteiger partial charge in [0.1, 0.15) is 0 Å². The van der Waals surface area contributed by atoms with E-state index in [4.69, 9.17) is 0 Å². The maximum Gasteiger partial charge on any atom is 1.00 e. The molecule has 1 heterocycles. The summed E-state index contributed by atoms with van der Waals surface area (Å²) in [5, 5.41) is 0. The van der Waals surface area contributed by atoms with Crippen LogP contribution in [0, 0.1) is 6.92 Å². The van der Waals surface area contributed by atoms with Gasteiger partial charge in [0, 0.05) is 18.8 Å². The summed E-state index contributed by atoms with van der Waals surface area (Å²) in [7, 11) is 0. The molecular formula is C12H18LiN. The van der Waals surface area contributed by atoms with Crippen LogP contribution in [-0.2, 0) is 0 Å². The number of hydrogen-bond acceptors (Lipinski definition) is 1. The minimum Gasteiger partial charge on any atom is -1.00 e. The molecule has 14 heavy (non-hydrogen) atoms. The van der Waals surface area contributed by atoms with E-state index in [0.29, 0.717) is 0 Å². The number of aryl methyl sites for hydroxylation is 1. The fourth-order valence-electron chi connectivity index (χ4n) is 1.91. The van der Waals surface area contributed by atoms with Crippen molar-refractivity contribution in [2.45, 2.75) is 26.2 Å². The van der Waals surface area contributed by atoms with Gasteiger partial charge in [-0.1, -0.05) is 17.7 Å². The van der Waals surface area contributed by atoms with Crippen molar-refractivity contribution >= 4 is 5.69 Å². The minimum atomic E-state index is 0. The van der Waals surface area contributed by atoms with Gasteiger partial charge in [0.25, 0.3) is 0 Å². The summed E-state index contributed by atoms with van der Waals surface area (Å²) in [6, 6.07) is 8.87. The van der Waals surface area contributed by atoms with E-state index in [1.807, 2.05) is 0 Å². The first-order valence-electron chi connectivity index (χ1n) is 5.18. The molecule has 0 radical (unpaired) electrons. The van der Waals surface area contributed by atoms with Gasteiger partial charge in [-0.25, -0.2) is 0 Å². The number of rotatable bonds is 1. The van der Waals surface area contributed by atoms with Crippen LogP contribution in [0.4, 0.5) is 5.69 Å². The van der Waals surface area contributed by atoms with Crippen molar-refractivity contribution < 1.29 is 20.3 Å². The van der Waals surface area contributed by atoms with E-state index in [1.54, 1.807) is 0 Å². The van der Waals surface area contributed by atoms with Gasteiger partial charge in [-0.3, -0.25) is 0 Å². The molecule has 1 aromatic carbocycles. The van der Waals surface area contributed by atoms with Crippen LogP contribution in [0.2, 0.25) is 0 Å². The normalized spacial score (nSPS) is 16.2. The summed E-state index contributed by atoms with van der Waals surface area (Å²) in [5.74, 6) is 0. The molecule has 0 amide bonds. The third-order valence-corrected chi connectivity index (χ3v) is 2.76. The molecule has 1 nitrogen and oxygen atoms in total. The first kappa shape index (κ1) is 11.7. The fraction of sp³-hybridized carbons (Fsp3) is 0.500. The largest absolute Gasteiger partial charge is 1.00 e. The molecule has 0 bridgehead atoms. The SMILES string of the molecule is Cc1ccc(N2CCCCC2)cc1.[H-].[Li+]. The van der Waals surface area contributed by atoms with Gasteiger partial charge in [-0.2, -0.15) is 0 Å². The molecule has 2 rings (SSSR count). The van der Waals surface area contributed by atoms with Crippen molar-refractivity contribution in [2.24, 2.45) is 0 Å². The number of nitrogens with zero attached hydrogens (tertiary/aromatic N) is 1. The first-order chi connectivity index (χ1) is 6.36. The Bertz CT molecular complexity index is 267. The average molecular weight is 183 g/mol. The van der Waals surface area contributed by atoms with Crippen LogP contribution in [0.5, 0.6) is 0 Å². The molecule has 0 N–H and O–H groups in total. The molecule has 0 atom stereocenters. The Morgan fingerprint density at radius 1 is 1.00 bits per heavy atom. The second-order valence-electron chi connectivity index (χ2n) is 3.88. The standard InChI is InChI=1S/C12H17N.Li.H/c1-11-5-7-12(8-6-11)13-9-3-2-4-10-13;;/h5-8H,2-4,9-10H2,1H3;;/q;+1;-1. The van der Waals surface area contributed by atoms with Crippen molar-refractivity contribution in [3.05, 3.63) is 29.8 Å². The van der Waals surface area contributed by atoms with Gasteiger partial charge in [0.2, 0.25) is 0 Å². The van der Waals surface area contributed by atoms with Gasteiger partial charge >= 0.3 is 18.9 Å². The molecule has 1 aromatic rings. The Kier molecular flexibility index (Phi) is 4.58. The van der Waals surface area contributed by atoms with E-state index < -0.39 is 0 Å². The molecule has 0 aliphatic carbocycles. The molecule has 2 heteroatoms. The van der Waals surface area contributed by atoms with Gasteiger partial charge in [-0.15, -0.1) is 0 Å². The molecule has 1 fully saturated rings. The third kappa shape index (κ3) is 2.80. The zero-order valence-corrected chi connectivity index (χ0v) is 9.29. The average Bonchev–Trinajstić information content (AvgIpc) is 2.20. The Morgan fingerprint density at radius 3 is 2.14 bits per heavy atom. The molecule has 1 aliphatic heterocycles. The number of hydrogen-bond donors (Lipinski definition) is 0. The molecular weight excluding hydrogens is 165 g/mol. The summed E-state index contributed by atoms with van der Waals surface area (Å²) >= 11 is 0. The third-order valence-electron chi connectivity index (χ3n) is 2.76.